The molecular formula is C9H5Cl2N3OS. The molecule has 0 saturated heterocycles. The number of carbonyl (C=O) groups is 1. The van der Waals surface area contributed by atoms with Gasteiger partial charge in [0.2, 0.25) is 5.78 Å². The highest BCUT2D eigenvalue weighted by Crippen LogP contribution is 2.23. The van der Waals surface area contributed by atoms with Crippen LogP contribution in [0.5, 0.6) is 0 Å². The molecule has 0 aliphatic heterocycles. The molecule has 0 unspecified atom stereocenters. The fraction of sp³-hybridized carbons (Fsp3) is 0. The van der Waals surface area contributed by atoms with E-state index in [0.29, 0.717) is 4.88 Å². The van der Waals surface area contributed by atoms with Crippen LogP contribution in [0.4, 0.5) is 5.82 Å². The van der Waals surface area contributed by atoms with Crippen LogP contribution in [0.1, 0.15) is 15.4 Å². The molecule has 16 heavy (non-hydrogen) atoms. The first kappa shape index (κ1) is 11.3. The van der Waals surface area contributed by atoms with Gasteiger partial charge in [-0.3, -0.25) is 4.79 Å². The van der Waals surface area contributed by atoms with Crippen molar-refractivity contribution in [3.63, 3.8) is 0 Å². The van der Waals surface area contributed by atoms with Crippen molar-refractivity contribution in [3.8, 4) is 0 Å². The van der Waals surface area contributed by atoms with Crippen molar-refractivity contribution in [2.24, 2.45) is 0 Å². The van der Waals surface area contributed by atoms with Crippen molar-refractivity contribution in [3.05, 3.63) is 38.4 Å². The van der Waals surface area contributed by atoms with Gasteiger partial charge in [-0.1, -0.05) is 29.3 Å². The van der Waals surface area contributed by atoms with Crippen LogP contribution in [-0.2, 0) is 0 Å². The van der Waals surface area contributed by atoms with E-state index in [9.17, 15) is 4.79 Å². The molecule has 2 aromatic heterocycles. The van der Waals surface area contributed by atoms with Gasteiger partial charge in [-0.25, -0.2) is 9.97 Å². The molecule has 0 saturated carbocycles. The minimum Gasteiger partial charge on any atom is -0.382 e. The van der Waals surface area contributed by atoms with Gasteiger partial charge in [-0.2, -0.15) is 0 Å². The monoisotopic (exact) mass is 273 g/mol. The van der Waals surface area contributed by atoms with E-state index in [0.717, 1.165) is 0 Å². The molecular weight excluding hydrogens is 269 g/mol. The number of ketones is 1. The summed E-state index contributed by atoms with van der Waals surface area (Å²) in [6, 6.07) is 3.44. The lowest BCUT2D eigenvalue weighted by Crippen LogP contribution is -2.09. The first-order chi connectivity index (χ1) is 7.59. The quantitative estimate of drug-likeness (QED) is 0.855. The summed E-state index contributed by atoms with van der Waals surface area (Å²) in [5.74, 6) is -0.327. The third-order valence-electron chi connectivity index (χ3n) is 1.80. The molecule has 0 atom stereocenters. The van der Waals surface area contributed by atoms with E-state index in [-0.39, 0.29) is 27.6 Å². The SMILES string of the molecule is Nc1nc(Cl)c(Cl)nc1C(=O)c1cccs1. The number of nitrogens with zero attached hydrogens (tertiary/aromatic N) is 2. The molecule has 0 fully saturated rings. The van der Waals surface area contributed by atoms with Crippen LogP contribution < -0.4 is 5.73 Å². The molecule has 0 radical (unpaired) electrons. The summed E-state index contributed by atoms with van der Waals surface area (Å²) < 4.78 is 0. The van der Waals surface area contributed by atoms with E-state index in [1.807, 2.05) is 0 Å². The van der Waals surface area contributed by atoms with Crippen molar-refractivity contribution in [2.75, 3.05) is 5.73 Å². The van der Waals surface area contributed by atoms with Gasteiger partial charge in [0.25, 0.3) is 0 Å². The minimum atomic E-state index is -0.307. The zero-order valence-corrected chi connectivity index (χ0v) is 10.1. The first-order valence-electron chi connectivity index (χ1n) is 4.16. The van der Waals surface area contributed by atoms with Crippen LogP contribution in [0.2, 0.25) is 10.3 Å². The van der Waals surface area contributed by atoms with Gasteiger partial charge in [0.15, 0.2) is 21.8 Å². The number of hydrogen-bond acceptors (Lipinski definition) is 5. The highest BCUT2D eigenvalue weighted by Gasteiger charge is 2.18. The average molecular weight is 274 g/mol. The Hall–Kier alpha value is -1.17. The Morgan fingerprint density at radius 3 is 2.62 bits per heavy atom. The predicted molar refractivity (Wildman–Crippen MR) is 64.2 cm³/mol. The molecule has 7 heteroatoms. The van der Waals surface area contributed by atoms with Gasteiger partial charge in [-0.05, 0) is 11.4 Å². The Balaban J connectivity index is 2.49. The second-order valence-electron chi connectivity index (χ2n) is 2.85. The normalized spacial score (nSPS) is 10.4. The molecule has 2 N–H and O–H groups in total. The molecule has 82 valence electrons. The summed E-state index contributed by atoms with van der Waals surface area (Å²) in [5.41, 5.74) is 5.59. The van der Waals surface area contributed by atoms with Crippen molar-refractivity contribution in [2.45, 2.75) is 0 Å². The zero-order chi connectivity index (χ0) is 11.7. The summed E-state index contributed by atoms with van der Waals surface area (Å²) in [6.45, 7) is 0. The molecule has 2 rings (SSSR count). The lowest BCUT2D eigenvalue weighted by atomic mass is 10.2. The third-order valence-corrected chi connectivity index (χ3v) is 3.29. The van der Waals surface area contributed by atoms with Crippen molar-refractivity contribution >= 4 is 46.1 Å². The van der Waals surface area contributed by atoms with Gasteiger partial charge >= 0.3 is 0 Å². The number of hydrogen-bond donors (Lipinski definition) is 1. The van der Waals surface area contributed by atoms with Crippen LogP contribution in [0.15, 0.2) is 17.5 Å². The first-order valence-corrected chi connectivity index (χ1v) is 5.80. The number of carbonyl (C=O) groups excluding carboxylic acids is 1. The second-order valence-corrected chi connectivity index (χ2v) is 4.51. The van der Waals surface area contributed by atoms with E-state index < -0.39 is 0 Å². The Morgan fingerprint density at radius 1 is 1.31 bits per heavy atom. The molecule has 0 spiro atoms. The Kier molecular flexibility index (Phi) is 3.09. The third kappa shape index (κ3) is 2.02. The number of nitrogen functional groups attached to an aromatic ring is 1. The highest BCUT2D eigenvalue weighted by atomic mass is 35.5. The predicted octanol–water partition coefficient (Wildman–Crippen LogP) is 2.66. The lowest BCUT2D eigenvalue weighted by molar-refractivity contribution is 0.103. The molecule has 2 heterocycles. The summed E-state index contributed by atoms with van der Waals surface area (Å²) >= 11 is 12.6. The highest BCUT2D eigenvalue weighted by molar-refractivity contribution is 7.12. The Morgan fingerprint density at radius 2 is 2.00 bits per heavy atom. The maximum absolute atomic E-state index is 11.9. The van der Waals surface area contributed by atoms with Crippen molar-refractivity contribution in [1.82, 2.24) is 9.97 Å². The zero-order valence-electron chi connectivity index (χ0n) is 7.78. The molecule has 0 aliphatic rings. The van der Waals surface area contributed by atoms with E-state index in [2.05, 4.69) is 9.97 Å². The molecule has 4 nitrogen and oxygen atoms in total. The summed E-state index contributed by atoms with van der Waals surface area (Å²) in [6.07, 6.45) is 0. The lowest BCUT2D eigenvalue weighted by Gasteiger charge is -2.03. The number of halogens is 2. The van der Waals surface area contributed by atoms with Gasteiger partial charge in [0.05, 0.1) is 4.88 Å². The summed E-state index contributed by atoms with van der Waals surface area (Å²) in [4.78, 5) is 20.0. The maximum Gasteiger partial charge on any atom is 0.225 e. The molecule has 0 aromatic carbocycles. The van der Waals surface area contributed by atoms with Crippen LogP contribution in [0.3, 0.4) is 0 Å². The van der Waals surface area contributed by atoms with E-state index in [1.165, 1.54) is 11.3 Å². The molecule has 0 amide bonds. The van der Waals surface area contributed by atoms with Crippen LogP contribution in [-0.4, -0.2) is 15.8 Å². The number of thiophene rings is 1. The fourth-order valence-electron chi connectivity index (χ4n) is 1.10. The number of rotatable bonds is 2. The average Bonchev–Trinajstić information content (AvgIpc) is 2.75. The number of anilines is 1. The summed E-state index contributed by atoms with van der Waals surface area (Å²) in [5, 5.41) is 1.74. The number of nitrogens with two attached hydrogens (primary N) is 1. The Bertz CT molecular complexity index is 542. The van der Waals surface area contributed by atoms with Gasteiger partial charge in [0, 0.05) is 0 Å². The van der Waals surface area contributed by atoms with Crippen LogP contribution in [0, 0.1) is 0 Å². The fourth-order valence-corrected chi connectivity index (χ4v) is 2.02. The van der Waals surface area contributed by atoms with Crippen LogP contribution in [0.25, 0.3) is 0 Å². The second kappa shape index (κ2) is 4.37. The molecule has 2 aromatic rings. The van der Waals surface area contributed by atoms with Gasteiger partial charge < -0.3 is 5.73 Å². The van der Waals surface area contributed by atoms with Gasteiger partial charge in [-0.15, -0.1) is 11.3 Å². The summed E-state index contributed by atoms with van der Waals surface area (Å²) in [7, 11) is 0. The smallest absolute Gasteiger partial charge is 0.225 e. The van der Waals surface area contributed by atoms with E-state index in [4.69, 9.17) is 28.9 Å². The van der Waals surface area contributed by atoms with E-state index in [1.54, 1.807) is 17.5 Å². The topological polar surface area (TPSA) is 68.9 Å². The van der Waals surface area contributed by atoms with Crippen LogP contribution >= 0.6 is 34.5 Å². The van der Waals surface area contributed by atoms with E-state index >= 15 is 0 Å². The Labute approximate surface area is 105 Å². The van der Waals surface area contributed by atoms with Crippen molar-refractivity contribution in [1.29, 1.82) is 0 Å². The maximum atomic E-state index is 11.9. The largest absolute Gasteiger partial charge is 0.382 e. The van der Waals surface area contributed by atoms with Gasteiger partial charge in [0.1, 0.15) is 0 Å². The standard InChI is InChI=1S/C9H5Cl2N3OS/c10-7-8(11)14-9(12)5(13-7)6(15)4-2-1-3-16-4/h1-3H,(H2,12,14). The van der Waals surface area contributed by atoms with Crippen molar-refractivity contribution < 1.29 is 4.79 Å². The minimum absolute atomic E-state index is 0.0121. The molecule has 0 aliphatic carbocycles. The number of aromatic nitrogens is 2. The molecule has 0 bridgehead atoms.